The van der Waals surface area contributed by atoms with Gasteiger partial charge in [-0.05, 0) is 37.3 Å². The molecule has 1 aliphatic rings. The molecule has 0 bridgehead atoms. The fraction of sp³-hybridized carbons (Fsp3) is 0.0833. The molecule has 0 saturated heterocycles. The van der Waals surface area contributed by atoms with Gasteiger partial charge in [-0.1, -0.05) is 47.5 Å². The molecule has 1 amide bonds. The molecule has 1 atom stereocenters. The standard InChI is InChI=1S/C24H14Cl2FNO5/c1-11(23(31)28-18-9-6-12(25)10-17(18)27)33-24(32)16-8-7-15-19(20(16)26)22(30)14-5-3-2-4-13(14)21(15)29/h2-11H,1H3,(H,28,31). The minimum absolute atomic E-state index is 0.0734. The van der Waals surface area contributed by atoms with Gasteiger partial charge in [-0.15, -0.1) is 0 Å². The molecule has 3 aromatic carbocycles. The van der Waals surface area contributed by atoms with Crippen LogP contribution < -0.4 is 5.32 Å². The van der Waals surface area contributed by atoms with Crippen molar-refractivity contribution in [3.05, 3.63) is 98.3 Å². The zero-order valence-corrected chi connectivity index (χ0v) is 18.5. The molecule has 33 heavy (non-hydrogen) atoms. The number of esters is 1. The van der Waals surface area contributed by atoms with Gasteiger partial charge in [0.2, 0.25) is 0 Å². The highest BCUT2D eigenvalue weighted by Crippen LogP contribution is 2.34. The highest BCUT2D eigenvalue weighted by atomic mass is 35.5. The molecular formula is C24H14Cl2FNO5. The summed E-state index contributed by atoms with van der Waals surface area (Å²) >= 11 is 12.0. The molecule has 4 rings (SSSR count). The normalized spacial score (nSPS) is 13.1. The highest BCUT2D eigenvalue weighted by Gasteiger charge is 2.33. The van der Waals surface area contributed by atoms with Gasteiger partial charge in [0.25, 0.3) is 5.91 Å². The Bertz CT molecular complexity index is 1350. The number of carbonyl (C=O) groups is 4. The van der Waals surface area contributed by atoms with Gasteiger partial charge in [0, 0.05) is 21.7 Å². The van der Waals surface area contributed by atoms with Crippen LogP contribution in [0, 0.1) is 5.82 Å². The lowest BCUT2D eigenvalue weighted by Crippen LogP contribution is -2.30. The van der Waals surface area contributed by atoms with Gasteiger partial charge >= 0.3 is 5.97 Å². The van der Waals surface area contributed by atoms with Crippen LogP contribution in [0.1, 0.15) is 49.1 Å². The van der Waals surface area contributed by atoms with Crippen LogP contribution in [0.25, 0.3) is 0 Å². The van der Waals surface area contributed by atoms with Crippen molar-refractivity contribution in [2.24, 2.45) is 0 Å². The Labute approximate surface area is 197 Å². The molecule has 0 heterocycles. The van der Waals surface area contributed by atoms with Crippen molar-refractivity contribution in [1.29, 1.82) is 0 Å². The number of hydrogen-bond acceptors (Lipinski definition) is 5. The number of carbonyl (C=O) groups excluding carboxylic acids is 4. The number of rotatable bonds is 4. The molecule has 0 spiro atoms. The second-order valence-corrected chi connectivity index (χ2v) is 8.03. The van der Waals surface area contributed by atoms with Gasteiger partial charge < -0.3 is 10.1 Å². The van der Waals surface area contributed by atoms with Gasteiger partial charge in [-0.3, -0.25) is 14.4 Å². The van der Waals surface area contributed by atoms with Gasteiger partial charge in [-0.2, -0.15) is 0 Å². The van der Waals surface area contributed by atoms with E-state index in [0.29, 0.717) is 0 Å². The van der Waals surface area contributed by atoms with Crippen LogP contribution in [0.2, 0.25) is 10.0 Å². The number of hydrogen-bond donors (Lipinski definition) is 1. The lowest BCUT2D eigenvalue weighted by Gasteiger charge is -2.20. The van der Waals surface area contributed by atoms with Crippen molar-refractivity contribution in [2.75, 3.05) is 5.32 Å². The van der Waals surface area contributed by atoms with Crippen LogP contribution in [-0.4, -0.2) is 29.5 Å². The predicted octanol–water partition coefficient (Wildman–Crippen LogP) is 5.09. The minimum atomic E-state index is -1.32. The number of ketones is 2. The summed E-state index contributed by atoms with van der Waals surface area (Å²) in [6.45, 7) is 1.29. The summed E-state index contributed by atoms with van der Waals surface area (Å²) in [5, 5.41) is 2.21. The third-order valence-electron chi connectivity index (χ3n) is 5.09. The van der Waals surface area contributed by atoms with E-state index >= 15 is 0 Å². The lowest BCUT2D eigenvalue weighted by atomic mass is 9.83. The number of fused-ring (bicyclic) bond motifs is 2. The Kier molecular flexibility index (Phi) is 6.01. The Morgan fingerprint density at radius 3 is 2.27 bits per heavy atom. The van der Waals surface area contributed by atoms with Crippen LogP contribution >= 0.6 is 23.2 Å². The zero-order valence-electron chi connectivity index (χ0n) is 16.9. The molecule has 1 unspecified atom stereocenters. The largest absolute Gasteiger partial charge is 0.449 e. The first-order chi connectivity index (χ1) is 15.7. The van der Waals surface area contributed by atoms with E-state index < -0.39 is 29.6 Å². The maximum absolute atomic E-state index is 13.9. The quantitative estimate of drug-likeness (QED) is 0.406. The average Bonchev–Trinajstić information content (AvgIpc) is 2.79. The second kappa shape index (κ2) is 8.77. The summed E-state index contributed by atoms with van der Waals surface area (Å²) in [6.07, 6.45) is -1.32. The van der Waals surface area contributed by atoms with Gasteiger partial charge in [-0.25, -0.2) is 9.18 Å². The Hall–Kier alpha value is -3.55. The smallest absolute Gasteiger partial charge is 0.340 e. The van der Waals surface area contributed by atoms with Gasteiger partial charge in [0.05, 0.1) is 21.8 Å². The van der Waals surface area contributed by atoms with Crippen molar-refractivity contribution >= 4 is 52.3 Å². The van der Waals surface area contributed by atoms with E-state index in [9.17, 15) is 23.6 Å². The Morgan fingerprint density at radius 1 is 0.939 bits per heavy atom. The molecule has 0 aromatic heterocycles. The first-order valence-corrected chi connectivity index (χ1v) is 10.4. The van der Waals surface area contributed by atoms with Crippen molar-refractivity contribution in [2.45, 2.75) is 13.0 Å². The molecule has 1 aliphatic carbocycles. The first kappa shape index (κ1) is 22.6. The summed E-state index contributed by atoms with van der Waals surface area (Å²) in [7, 11) is 0. The topological polar surface area (TPSA) is 89.5 Å². The van der Waals surface area contributed by atoms with E-state index in [1.54, 1.807) is 18.2 Å². The molecular weight excluding hydrogens is 472 g/mol. The second-order valence-electron chi connectivity index (χ2n) is 7.21. The molecule has 166 valence electrons. The molecule has 0 radical (unpaired) electrons. The van der Waals surface area contributed by atoms with E-state index in [1.807, 2.05) is 0 Å². The van der Waals surface area contributed by atoms with Crippen LogP contribution in [-0.2, 0) is 9.53 Å². The monoisotopic (exact) mass is 485 g/mol. The van der Waals surface area contributed by atoms with E-state index in [1.165, 1.54) is 37.3 Å². The van der Waals surface area contributed by atoms with Crippen molar-refractivity contribution < 1.29 is 28.3 Å². The minimum Gasteiger partial charge on any atom is -0.449 e. The fourth-order valence-electron chi connectivity index (χ4n) is 3.41. The average molecular weight is 486 g/mol. The molecule has 1 N–H and O–H groups in total. The van der Waals surface area contributed by atoms with Crippen LogP contribution in [0.15, 0.2) is 54.6 Å². The molecule has 0 fully saturated rings. The van der Waals surface area contributed by atoms with Crippen molar-refractivity contribution in [3.63, 3.8) is 0 Å². The summed E-state index contributed by atoms with van der Waals surface area (Å²) in [5.41, 5.74) is 0.0795. The number of anilines is 1. The van der Waals surface area contributed by atoms with Crippen molar-refractivity contribution in [1.82, 2.24) is 0 Å². The molecule has 6 nitrogen and oxygen atoms in total. The number of ether oxygens (including phenoxy) is 1. The molecule has 0 aliphatic heterocycles. The van der Waals surface area contributed by atoms with E-state index in [2.05, 4.69) is 5.32 Å². The van der Waals surface area contributed by atoms with Gasteiger partial charge in [0.1, 0.15) is 5.82 Å². The number of benzene rings is 3. The number of nitrogens with one attached hydrogen (secondary N) is 1. The maximum atomic E-state index is 13.9. The van der Waals surface area contributed by atoms with Crippen molar-refractivity contribution in [3.8, 4) is 0 Å². The predicted molar refractivity (Wildman–Crippen MR) is 120 cm³/mol. The number of halogens is 3. The Balaban J connectivity index is 1.56. The van der Waals surface area contributed by atoms with Crippen LogP contribution in [0.3, 0.4) is 0 Å². The first-order valence-electron chi connectivity index (χ1n) is 9.67. The summed E-state index contributed by atoms with van der Waals surface area (Å²) in [6, 6.07) is 12.6. The summed E-state index contributed by atoms with van der Waals surface area (Å²) < 4.78 is 19.1. The van der Waals surface area contributed by atoms with E-state index in [4.69, 9.17) is 27.9 Å². The van der Waals surface area contributed by atoms with Crippen LogP contribution in [0.4, 0.5) is 10.1 Å². The molecule has 0 saturated carbocycles. The highest BCUT2D eigenvalue weighted by molar-refractivity contribution is 6.41. The van der Waals surface area contributed by atoms with E-state index in [-0.39, 0.29) is 49.3 Å². The van der Waals surface area contributed by atoms with Crippen LogP contribution in [0.5, 0.6) is 0 Å². The van der Waals surface area contributed by atoms with Gasteiger partial charge in [0.15, 0.2) is 17.7 Å². The fourth-order valence-corrected chi connectivity index (χ4v) is 3.89. The third-order valence-corrected chi connectivity index (χ3v) is 5.72. The lowest BCUT2D eigenvalue weighted by molar-refractivity contribution is -0.123. The SMILES string of the molecule is CC(OC(=O)c1ccc2c(c1Cl)C(=O)c1ccccc1C2=O)C(=O)Nc1ccc(Cl)cc1F. The third kappa shape index (κ3) is 4.13. The summed E-state index contributed by atoms with van der Waals surface area (Å²) in [4.78, 5) is 50.7. The Morgan fingerprint density at radius 2 is 1.61 bits per heavy atom. The zero-order chi connectivity index (χ0) is 23.9. The van der Waals surface area contributed by atoms with E-state index in [0.717, 1.165) is 6.07 Å². The molecule has 9 heteroatoms. The number of amides is 1. The molecule has 3 aromatic rings. The summed E-state index contributed by atoms with van der Waals surface area (Å²) in [5.74, 6) is -3.42. The maximum Gasteiger partial charge on any atom is 0.340 e.